The first-order valence-corrected chi connectivity index (χ1v) is 7.87. The fourth-order valence-electron chi connectivity index (χ4n) is 3.08. The maximum absolute atomic E-state index is 11.0. The van der Waals surface area contributed by atoms with E-state index in [1.165, 1.54) is 5.56 Å². The van der Waals surface area contributed by atoms with E-state index in [9.17, 15) is 4.79 Å². The van der Waals surface area contributed by atoms with E-state index in [-0.39, 0.29) is 6.42 Å². The summed E-state index contributed by atoms with van der Waals surface area (Å²) in [6, 6.07) is 6.10. The number of aliphatic carboxylic acids is 1. The molecule has 0 radical (unpaired) electrons. The van der Waals surface area contributed by atoms with Crippen molar-refractivity contribution in [1.29, 1.82) is 0 Å². The lowest BCUT2D eigenvalue weighted by Gasteiger charge is -2.30. The maximum Gasteiger partial charge on any atom is 0.304 e. The van der Waals surface area contributed by atoms with Crippen LogP contribution in [0, 0.1) is 0 Å². The molecule has 116 valence electrons. The number of carboxylic acids is 1. The highest BCUT2D eigenvalue weighted by molar-refractivity contribution is 6.31. The van der Waals surface area contributed by atoms with Crippen LogP contribution in [-0.4, -0.2) is 36.1 Å². The van der Waals surface area contributed by atoms with Gasteiger partial charge in [0.15, 0.2) is 0 Å². The van der Waals surface area contributed by atoms with Gasteiger partial charge in [-0.05, 0) is 56.1 Å². The third-order valence-corrected chi connectivity index (χ3v) is 4.86. The molecule has 0 saturated carbocycles. The number of benzene rings is 1. The number of likely N-dealkylation sites (tertiary alicyclic amines) is 1. The van der Waals surface area contributed by atoms with Crippen molar-refractivity contribution in [3.63, 3.8) is 0 Å². The number of rotatable bonds is 4. The Kier molecular flexibility index (Phi) is 4.95. The molecule has 0 aromatic heterocycles. The highest BCUT2D eigenvalue weighted by Crippen LogP contribution is 2.36. The normalized spacial score (nSPS) is 17.9. The van der Waals surface area contributed by atoms with Crippen LogP contribution in [0.25, 0.3) is 0 Å². The molecule has 2 rings (SSSR count). The molecule has 0 aliphatic carbocycles. The summed E-state index contributed by atoms with van der Waals surface area (Å²) in [5.74, 6) is -0.263. The Hall–Kier alpha value is -1.06. The lowest BCUT2D eigenvalue weighted by atomic mass is 9.80. The molecule has 1 N–H and O–H groups in total. The number of halogens is 1. The minimum Gasteiger partial charge on any atom is -0.481 e. The third kappa shape index (κ3) is 3.98. The first kappa shape index (κ1) is 16.3. The molecule has 1 aliphatic rings. The maximum atomic E-state index is 11.0. The van der Waals surface area contributed by atoms with Gasteiger partial charge in [0.05, 0.1) is 6.42 Å². The number of carboxylic acid groups (broad SMARTS) is 1. The zero-order valence-corrected chi connectivity index (χ0v) is 13.8. The monoisotopic (exact) mass is 309 g/mol. The SMILES string of the molecule is CN1CCC(c2ccc(C(C)(C)CC(=O)O)cc2Cl)CC1. The number of nitrogens with zero attached hydrogens (tertiary/aromatic N) is 1. The molecule has 0 bridgehead atoms. The molecule has 4 heteroatoms. The quantitative estimate of drug-likeness (QED) is 0.917. The van der Waals surface area contributed by atoms with Gasteiger partial charge in [-0.25, -0.2) is 0 Å². The summed E-state index contributed by atoms with van der Waals surface area (Å²) in [6.45, 7) is 6.10. The van der Waals surface area contributed by atoms with Crippen molar-refractivity contribution in [3.8, 4) is 0 Å². The zero-order chi connectivity index (χ0) is 15.6. The number of piperidine rings is 1. The molecule has 1 aliphatic heterocycles. The first-order valence-electron chi connectivity index (χ1n) is 7.50. The molecule has 21 heavy (non-hydrogen) atoms. The van der Waals surface area contributed by atoms with Crippen LogP contribution in [-0.2, 0) is 10.2 Å². The molecule has 1 heterocycles. The molecule has 1 fully saturated rings. The predicted molar refractivity (Wildman–Crippen MR) is 86.2 cm³/mol. The van der Waals surface area contributed by atoms with Crippen molar-refractivity contribution in [2.24, 2.45) is 0 Å². The topological polar surface area (TPSA) is 40.5 Å². The number of carbonyl (C=O) groups is 1. The molecule has 0 amide bonds. The number of hydrogen-bond acceptors (Lipinski definition) is 2. The lowest BCUT2D eigenvalue weighted by Crippen LogP contribution is -2.29. The van der Waals surface area contributed by atoms with Gasteiger partial charge in [-0.15, -0.1) is 0 Å². The second-order valence-electron chi connectivity index (χ2n) is 6.77. The van der Waals surface area contributed by atoms with Crippen LogP contribution in [0.4, 0.5) is 0 Å². The van der Waals surface area contributed by atoms with Crippen molar-refractivity contribution in [2.75, 3.05) is 20.1 Å². The fourth-order valence-corrected chi connectivity index (χ4v) is 3.41. The van der Waals surface area contributed by atoms with E-state index < -0.39 is 11.4 Å². The fraction of sp³-hybridized carbons (Fsp3) is 0.588. The van der Waals surface area contributed by atoms with Crippen molar-refractivity contribution in [1.82, 2.24) is 4.90 Å². The Morgan fingerprint density at radius 2 is 2.00 bits per heavy atom. The standard InChI is InChI=1S/C17H24ClNO2/c1-17(2,11-16(20)21)13-4-5-14(15(18)10-13)12-6-8-19(3)9-7-12/h4-5,10,12H,6-9,11H2,1-3H3,(H,20,21). The van der Waals surface area contributed by atoms with Crippen LogP contribution in [0.1, 0.15) is 50.2 Å². The van der Waals surface area contributed by atoms with Gasteiger partial charge in [0, 0.05) is 10.4 Å². The zero-order valence-electron chi connectivity index (χ0n) is 13.0. The molecule has 1 aromatic rings. The van der Waals surface area contributed by atoms with E-state index >= 15 is 0 Å². The third-order valence-electron chi connectivity index (χ3n) is 4.53. The largest absolute Gasteiger partial charge is 0.481 e. The Balaban J connectivity index is 2.19. The summed E-state index contributed by atoms with van der Waals surface area (Å²) in [7, 11) is 2.15. The summed E-state index contributed by atoms with van der Waals surface area (Å²) in [6.07, 6.45) is 2.37. The summed E-state index contributed by atoms with van der Waals surface area (Å²) in [4.78, 5) is 13.3. The smallest absolute Gasteiger partial charge is 0.304 e. The van der Waals surface area contributed by atoms with Gasteiger partial charge < -0.3 is 10.0 Å². The van der Waals surface area contributed by atoms with Gasteiger partial charge in [0.1, 0.15) is 0 Å². The second kappa shape index (κ2) is 6.37. The Labute approximate surface area is 131 Å². The molecule has 0 atom stereocenters. The van der Waals surface area contributed by atoms with Crippen LogP contribution in [0.2, 0.25) is 5.02 Å². The first-order chi connectivity index (χ1) is 9.79. The average molecular weight is 310 g/mol. The van der Waals surface area contributed by atoms with Crippen LogP contribution >= 0.6 is 11.6 Å². The summed E-state index contributed by atoms with van der Waals surface area (Å²) in [5.41, 5.74) is 1.80. The Morgan fingerprint density at radius 1 is 1.38 bits per heavy atom. The minimum absolute atomic E-state index is 0.108. The van der Waals surface area contributed by atoms with Gasteiger partial charge in [0.2, 0.25) is 0 Å². The van der Waals surface area contributed by atoms with E-state index in [0.29, 0.717) is 5.92 Å². The predicted octanol–water partition coefficient (Wildman–Crippen LogP) is 3.90. The van der Waals surface area contributed by atoms with Crippen molar-refractivity contribution in [3.05, 3.63) is 34.3 Å². The van der Waals surface area contributed by atoms with Gasteiger partial charge in [-0.3, -0.25) is 4.79 Å². The van der Waals surface area contributed by atoms with E-state index in [1.807, 2.05) is 26.0 Å². The minimum atomic E-state index is -0.782. The van der Waals surface area contributed by atoms with Crippen LogP contribution in [0.5, 0.6) is 0 Å². The van der Waals surface area contributed by atoms with Gasteiger partial charge in [-0.1, -0.05) is 37.6 Å². The summed E-state index contributed by atoms with van der Waals surface area (Å²) < 4.78 is 0. The summed E-state index contributed by atoms with van der Waals surface area (Å²) in [5, 5.41) is 9.80. The van der Waals surface area contributed by atoms with Crippen LogP contribution < -0.4 is 0 Å². The van der Waals surface area contributed by atoms with E-state index in [2.05, 4.69) is 18.0 Å². The van der Waals surface area contributed by atoms with E-state index in [1.54, 1.807) is 0 Å². The average Bonchev–Trinajstić information content (AvgIpc) is 2.38. The molecule has 0 unspecified atom stereocenters. The molecule has 3 nitrogen and oxygen atoms in total. The van der Waals surface area contributed by atoms with Gasteiger partial charge in [-0.2, -0.15) is 0 Å². The van der Waals surface area contributed by atoms with Gasteiger partial charge in [0.25, 0.3) is 0 Å². The molecule has 0 spiro atoms. The molecular formula is C17H24ClNO2. The van der Waals surface area contributed by atoms with Crippen molar-refractivity contribution < 1.29 is 9.90 Å². The lowest BCUT2D eigenvalue weighted by molar-refractivity contribution is -0.138. The van der Waals surface area contributed by atoms with Crippen LogP contribution in [0.3, 0.4) is 0 Å². The highest BCUT2D eigenvalue weighted by atomic mass is 35.5. The Morgan fingerprint density at radius 3 is 2.52 bits per heavy atom. The van der Waals surface area contributed by atoms with E-state index in [4.69, 9.17) is 16.7 Å². The molecular weight excluding hydrogens is 286 g/mol. The van der Waals surface area contributed by atoms with Crippen LogP contribution in [0.15, 0.2) is 18.2 Å². The molecule has 1 aromatic carbocycles. The molecule has 1 saturated heterocycles. The summed E-state index contributed by atoms with van der Waals surface area (Å²) >= 11 is 6.48. The Bertz CT molecular complexity index is 520. The van der Waals surface area contributed by atoms with E-state index in [0.717, 1.165) is 36.5 Å². The van der Waals surface area contributed by atoms with Gasteiger partial charge >= 0.3 is 5.97 Å². The second-order valence-corrected chi connectivity index (χ2v) is 7.18. The van der Waals surface area contributed by atoms with Crippen molar-refractivity contribution in [2.45, 2.75) is 44.4 Å². The van der Waals surface area contributed by atoms with Crippen molar-refractivity contribution >= 4 is 17.6 Å². The number of hydrogen-bond donors (Lipinski definition) is 1. The highest BCUT2D eigenvalue weighted by Gasteiger charge is 2.26.